The van der Waals surface area contributed by atoms with Gasteiger partial charge in [-0.1, -0.05) is 35.3 Å². The van der Waals surface area contributed by atoms with Crippen LogP contribution in [0.4, 0.5) is 24.5 Å². The maximum atomic E-state index is 13.5. The first-order valence-corrected chi connectivity index (χ1v) is 10.8. The van der Waals surface area contributed by atoms with Crippen LogP contribution in [0.2, 0.25) is 10.0 Å². The average Bonchev–Trinajstić information content (AvgIpc) is 2.70. The van der Waals surface area contributed by atoms with E-state index in [9.17, 15) is 26.4 Å². The molecular weight excluding hydrogens is 492 g/mol. The van der Waals surface area contributed by atoms with Gasteiger partial charge in [0.1, 0.15) is 5.75 Å². The van der Waals surface area contributed by atoms with E-state index in [0.29, 0.717) is 0 Å². The fourth-order valence-electron chi connectivity index (χ4n) is 2.80. The van der Waals surface area contributed by atoms with E-state index in [2.05, 4.69) is 4.74 Å². The van der Waals surface area contributed by atoms with E-state index in [1.165, 1.54) is 42.5 Å². The summed E-state index contributed by atoms with van der Waals surface area (Å²) < 4.78 is 68.9. The number of alkyl halides is 3. The Labute approximate surface area is 191 Å². The molecule has 0 saturated carbocycles. The second kappa shape index (κ2) is 8.89. The van der Waals surface area contributed by atoms with E-state index < -0.39 is 28.0 Å². The molecule has 32 heavy (non-hydrogen) atoms. The molecule has 0 unspecified atom stereocenters. The van der Waals surface area contributed by atoms with Crippen LogP contribution >= 0.6 is 23.2 Å². The summed E-state index contributed by atoms with van der Waals surface area (Å²) >= 11 is 12.0. The predicted octanol–water partition coefficient (Wildman–Crippen LogP) is 5.52. The number of anilines is 2. The molecule has 0 spiro atoms. The third-order valence-electron chi connectivity index (χ3n) is 4.12. The molecule has 0 atom stereocenters. The van der Waals surface area contributed by atoms with Crippen LogP contribution in [0.3, 0.4) is 0 Å². The van der Waals surface area contributed by atoms with Crippen LogP contribution in [-0.4, -0.2) is 20.7 Å². The lowest BCUT2D eigenvalue weighted by Gasteiger charge is -2.26. The zero-order chi connectivity index (χ0) is 23.7. The minimum atomic E-state index is -4.94. The molecule has 1 amide bonds. The molecule has 3 aromatic carbocycles. The molecule has 0 saturated heterocycles. The van der Waals surface area contributed by atoms with Gasteiger partial charge in [-0.15, -0.1) is 13.2 Å². The van der Waals surface area contributed by atoms with Crippen LogP contribution in [0.5, 0.6) is 5.75 Å². The normalized spacial score (nSPS) is 11.8. The first-order valence-electron chi connectivity index (χ1n) is 8.65. The molecule has 6 nitrogen and oxygen atoms in total. The number of nitrogens with zero attached hydrogens (tertiary/aromatic N) is 1. The first-order chi connectivity index (χ1) is 14.9. The number of ether oxygens (including phenoxy) is 1. The third-order valence-corrected chi connectivity index (χ3v) is 6.62. The molecule has 0 fully saturated rings. The predicted molar refractivity (Wildman–Crippen MR) is 114 cm³/mol. The molecule has 168 valence electrons. The highest BCUT2D eigenvalue weighted by molar-refractivity contribution is 7.93. The first kappa shape index (κ1) is 23.7. The van der Waals surface area contributed by atoms with Gasteiger partial charge in [-0.2, -0.15) is 0 Å². The number of rotatable bonds is 6. The van der Waals surface area contributed by atoms with Gasteiger partial charge in [0.25, 0.3) is 15.9 Å². The summed E-state index contributed by atoms with van der Waals surface area (Å²) in [4.78, 5) is 11.6. The SMILES string of the molecule is NC(=O)c1ccccc1N(c1ccc(Cl)c(Cl)c1)S(=O)(=O)c1ccc(OC(F)(F)F)cc1. The quantitative estimate of drug-likeness (QED) is 0.478. The highest BCUT2D eigenvalue weighted by atomic mass is 35.5. The van der Waals surface area contributed by atoms with Gasteiger partial charge >= 0.3 is 6.36 Å². The number of hydrogen-bond donors (Lipinski definition) is 1. The lowest BCUT2D eigenvalue weighted by atomic mass is 10.1. The van der Waals surface area contributed by atoms with Gasteiger partial charge in [0, 0.05) is 0 Å². The van der Waals surface area contributed by atoms with Crippen LogP contribution in [0.1, 0.15) is 10.4 Å². The van der Waals surface area contributed by atoms with Crippen molar-refractivity contribution in [2.75, 3.05) is 4.31 Å². The van der Waals surface area contributed by atoms with Gasteiger partial charge in [-0.25, -0.2) is 12.7 Å². The van der Waals surface area contributed by atoms with Crippen molar-refractivity contribution in [1.82, 2.24) is 0 Å². The fraction of sp³-hybridized carbons (Fsp3) is 0.0500. The van der Waals surface area contributed by atoms with Gasteiger partial charge < -0.3 is 10.5 Å². The number of para-hydroxylation sites is 1. The number of benzene rings is 3. The summed E-state index contributed by atoms with van der Waals surface area (Å²) in [5.74, 6) is -1.50. The van der Waals surface area contributed by atoms with Gasteiger partial charge in [0.2, 0.25) is 0 Å². The smallest absolute Gasteiger partial charge is 0.406 e. The maximum Gasteiger partial charge on any atom is 0.573 e. The van der Waals surface area contributed by atoms with Crippen molar-refractivity contribution in [2.45, 2.75) is 11.3 Å². The molecule has 2 N–H and O–H groups in total. The van der Waals surface area contributed by atoms with E-state index in [4.69, 9.17) is 28.9 Å². The van der Waals surface area contributed by atoms with E-state index in [-0.39, 0.29) is 31.9 Å². The molecule has 0 radical (unpaired) electrons. The second-order valence-electron chi connectivity index (χ2n) is 6.27. The number of halogens is 5. The van der Waals surface area contributed by atoms with Crippen LogP contribution in [0.15, 0.2) is 71.6 Å². The highest BCUT2D eigenvalue weighted by Crippen LogP contribution is 2.38. The van der Waals surface area contributed by atoms with Crippen molar-refractivity contribution in [3.8, 4) is 5.75 Å². The summed E-state index contributed by atoms with van der Waals surface area (Å²) in [7, 11) is -4.47. The van der Waals surface area contributed by atoms with Crippen LogP contribution in [-0.2, 0) is 10.0 Å². The lowest BCUT2D eigenvalue weighted by molar-refractivity contribution is -0.274. The number of nitrogens with two attached hydrogens (primary N) is 1. The summed E-state index contributed by atoms with van der Waals surface area (Å²) in [6, 6.07) is 13.2. The summed E-state index contributed by atoms with van der Waals surface area (Å²) in [6.45, 7) is 0. The average molecular weight is 505 g/mol. The molecule has 3 rings (SSSR count). The van der Waals surface area contributed by atoms with Crippen molar-refractivity contribution in [3.05, 3.63) is 82.3 Å². The number of hydrogen-bond acceptors (Lipinski definition) is 4. The van der Waals surface area contributed by atoms with Crippen molar-refractivity contribution in [2.24, 2.45) is 5.73 Å². The Morgan fingerprint density at radius 3 is 2.12 bits per heavy atom. The molecule has 0 heterocycles. The van der Waals surface area contributed by atoms with E-state index in [0.717, 1.165) is 28.6 Å². The number of amides is 1. The Bertz CT molecular complexity index is 1270. The van der Waals surface area contributed by atoms with E-state index in [1.807, 2.05) is 0 Å². The van der Waals surface area contributed by atoms with Crippen molar-refractivity contribution in [1.29, 1.82) is 0 Å². The largest absolute Gasteiger partial charge is 0.573 e. The zero-order valence-electron chi connectivity index (χ0n) is 15.8. The number of carbonyl (C=O) groups is 1. The molecule has 0 bridgehead atoms. The Morgan fingerprint density at radius 2 is 1.56 bits per heavy atom. The minimum absolute atomic E-state index is 0.0173. The molecule has 0 aliphatic heterocycles. The highest BCUT2D eigenvalue weighted by Gasteiger charge is 2.32. The molecule has 0 aliphatic carbocycles. The van der Waals surface area contributed by atoms with Gasteiger partial charge in [-0.05, 0) is 54.6 Å². The van der Waals surface area contributed by atoms with Crippen LogP contribution < -0.4 is 14.8 Å². The molecule has 3 aromatic rings. The fourth-order valence-corrected chi connectivity index (χ4v) is 4.59. The lowest BCUT2D eigenvalue weighted by Crippen LogP contribution is -2.29. The zero-order valence-corrected chi connectivity index (χ0v) is 18.1. The Balaban J connectivity index is 2.19. The molecule has 0 aliphatic rings. The van der Waals surface area contributed by atoms with Crippen molar-refractivity contribution >= 4 is 50.5 Å². The van der Waals surface area contributed by atoms with Crippen molar-refractivity contribution < 1.29 is 31.1 Å². The monoisotopic (exact) mass is 504 g/mol. The van der Waals surface area contributed by atoms with Gasteiger partial charge in [-0.3, -0.25) is 4.79 Å². The van der Waals surface area contributed by atoms with Crippen LogP contribution in [0.25, 0.3) is 0 Å². The standard InChI is InChI=1S/C20H13Cl2F3N2O4S/c21-16-10-5-12(11-17(16)22)27(18-4-2-1-3-15(18)19(26)28)32(29,30)14-8-6-13(7-9-14)31-20(23,24)25/h1-11H,(H2,26,28). The Kier molecular flexibility index (Phi) is 6.59. The molecule has 12 heteroatoms. The van der Waals surface area contributed by atoms with Crippen molar-refractivity contribution in [3.63, 3.8) is 0 Å². The van der Waals surface area contributed by atoms with Crippen LogP contribution in [0, 0.1) is 0 Å². The minimum Gasteiger partial charge on any atom is -0.406 e. The molecule has 0 aromatic heterocycles. The summed E-state index contributed by atoms with van der Waals surface area (Å²) in [6.07, 6.45) is -4.94. The topological polar surface area (TPSA) is 89.7 Å². The third kappa shape index (κ3) is 5.09. The van der Waals surface area contributed by atoms with Gasteiger partial charge in [0.15, 0.2) is 0 Å². The second-order valence-corrected chi connectivity index (χ2v) is 8.87. The summed E-state index contributed by atoms with van der Waals surface area (Å²) in [5, 5.41) is 0.194. The summed E-state index contributed by atoms with van der Waals surface area (Å²) in [5.41, 5.74) is 5.23. The number of sulfonamides is 1. The van der Waals surface area contributed by atoms with Gasteiger partial charge in [0.05, 0.1) is 31.9 Å². The Morgan fingerprint density at radius 1 is 0.938 bits per heavy atom. The number of primary amides is 1. The van der Waals surface area contributed by atoms with E-state index in [1.54, 1.807) is 0 Å². The molecular formula is C20H13Cl2F3N2O4S. The maximum absolute atomic E-state index is 13.5. The van der Waals surface area contributed by atoms with E-state index >= 15 is 0 Å². The Hall–Kier alpha value is -2.95. The number of carbonyl (C=O) groups excluding carboxylic acids is 1.